The van der Waals surface area contributed by atoms with Crippen molar-refractivity contribution in [1.82, 2.24) is 9.97 Å². The summed E-state index contributed by atoms with van der Waals surface area (Å²) >= 11 is -1.72. The van der Waals surface area contributed by atoms with Gasteiger partial charge < -0.3 is 14.3 Å². The first-order valence-corrected chi connectivity index (χ1v) is 23.8. The zero-order valence-corrected chi connectivity index (χ0v) is 33.4. The summed E-state index contributed by atoms with van der Waals surface area (Å²) in [6, 6.07) is 35.7. The third-order valence-electron chi connectivity index (χ3n) is 8.37. The maximum absolute atomic E-state index is 13.5. The SMILES string of the molecule is CC(C)Cc1ccnc(-c2[c-]cc(C(=O)OO)c3c2oc2c(-c4ccc(F)cc4)cccc23)c1.[CH3][Ge]([CH3])([CH3])[c]1ccc(-c2[c-]cccc2)nc1.[Ir]. The Hall–Kier alpha value is -4.47. The molecule has 0 fully saturated rings. The standard InChI is InChI=1S/C28H21FNO4.C14H16GeN.Ir/c1-16(2)14-17-12-13-30-24(15-17)21-10-11-23(28(31)34-32)25-22-5-3-4-20(26(22)33-27(21)25)18-6-8-19(29)9-7-18;1-15(2,3)13-9-10-14(16-11-13)12-7-5-4-6-8-12;/h3-9,11-13,15-16,32H,14H2,1-2H3;4-7,9-11H,1-3H3;/q2*-1;. The van der Waals surface area contributed by atoms with Crippen LogP contribution in [0, 0.1) is 23.9 Å². The molecular formula is C42H37FGeIrN2O4-2. The van der Waals surface area contributed by atoms with Gasteiger partial charge in [-0.2, -0.15) is 0 Å². The van der Waals surface area contributed by atoms with Crippen molar-refractivity contribution in [3.05, 3.63) is 139 Å². The number of benzene rings is 4. The number of rotatable bonds is 7. The minimum atomic E-state index is -1.72. The number of nitrogens with zero attached hydrogens (tertiary/aromatic N) is 2. The second kappa shape index (κ2) is 16.3. The molecule has 0 saturated heterocycles. The number of halogens is 1. The number of fused-ring (bicyclic) bond motifs is 3. The van der Waals surface area contributed by atoms with Gasteiger partial charge in [0.25, 0.3) is 0 Å². The first kappa shape index (κ1) is 37.8. The monoisotopic (exact) mass is 919 g/mol. The molecule has 6 nitrogen and oxygen atoms in total. The third-order valence-corrected chi connectivity index (χ3v) is 12.6. The van der Waals surface area contributed by atoms with Gasteiger partial charge in [-0.1, -0.05) is 61.4 Å². The van der Waals surface area contributed by atoms with Gasteiger partial charge in [-0.3, -0.25) is 4.79 Å². The molecule has 3 aromatic heterocycles. The van der Waals surface area contributed by atoms with Crippen molar-refractivity contribution in [1.29, 1.82) is 0 Å². The van der Waals surface area contributed by atoms with Crippen molar-refractivity contribution in [2.75, 3.05) is 0 Å². The molecule has 0 amide bonds. The van der Waals surface area contributed by atoms with Gasteiger partial charge in [0, 0.05) is 37.3 Å². The zero-order valence-electron chi connectivity index (χ0n) is 29.0. The Morgan fingerprint density at radius 1 is 0.922 bits per heavy atom. The van der Waals surface area contributed by atoms with Crippen molar-refractivity contribution in [3.8, 4) is 33.6 Å². The summed E-state index contributed by atoms with van der Waals surface area (Å²) in [7, 11) is 0. The fourth-order valence-electron chi connectivity index (χ4n) is 5.86. The van der Waals surface area contributed by atoms with Gasteiger partial charge in [-0.25, -0.2) is 9.65 Å². The maximum Gasteiger partial charge on any atom is 0 e. The minimum Gasteiger partial charge on any atom is 0 e. The summed E-state index contributed by atoms with van der Waals surface area (Å²) in [6.07, 6.45) is 4.67. The number of hydrogen-bond donors (Lipinski definition) is 1. The molecule has 0 saturated carbocycles. The minimum absolute atomic E-state index is 0. The Kier molecular flexibility index (Phi) is 12.0. The van der Waals surface area contributed by atoms with E-state index in [4.69, 9.17) is 9.67 Å². The fourth-order valence-corrected chi connectivity index (χ4v) is 8.03. The maximum atomic E-state index is 13.5. The van der Waals surface area contributed by atoms with Crippen LogP contribution in [0.25, 0.3) is 55.6 Å². The topological polar surface area (TPSA) is 85.5 Å². The van der Waals surface area contributed by atoms with Crippen LogP contribution in [0.3, 0.4) is 0 Å². The van der Waals surface area contributed by atoms with E-state index < -0.39 is 19.2 Å². The molecule has 261 valence electrons. The van der Waals surface area contributed by atoms with Gasteiger partial charge >= 0.3 is 106 Å². The predicted molar refractivity (Wildman–Crippen MR) is 199 cm³/mol. The van der Waals surface area contributed by atoms with Crippen LogP contribution in [-0.2, 0) is 31.4 Å². The summed E-state index contributed by atoms with van der Waals surface area (Å²) in [5.74, 6) is 6.37. The summed E-state index contributed by atoms with van der Waals surface area (Å²) < 4.78 is 21.3. The number of carbonyl (C=O) groups is 1. The number of hydrogen-bond acceptors (Lipinski definition) is 6. The molecule has 9 heteroatoms. The van der Waals surface area contributed by atoms with Crippen molar-refractivity contribution in [2.24, 2.45) is 5.92 Å². The second-order valence-corrected chi connectivity index (χ2v) is 24.2. The molecule has 0 atom stereocenters. The van der Waals surface area contributed by atoms with Gasteiger partial charge in [0.15, 0.2) is 0 Å². The van der Waals surface area contributed by atoms with Crippen LogP contribution in [0.4, 0.5) is 4.39 Å². The summed E-state index contributed by atoms with van der Waals surface area (Å²) in [6.45, 7) is 4.30. The second-order valence-electron chi connectivity index (χ2n) is 13.6. The largest absolute Gasteiger partial charge is 0 e. The van der Waals surface area contributed by atoms with Crippen molar-refractivity contribution in [3.63, 3.8) is 0 Å². The average molecular weight is 918 g/mol. The number of carbonyl (C=O) groups excluding carboxylic acids is 1. The molecule has 7 aromatic rings. The quantitative estimate of drug-likeness (QED) is 0.0742. The molecule has 4 aromatic carbocycles. The van der Waals surface area contributed by atoms with E-state index in [0.29, 0.717) is 39.1 Å². The van der Waals surface area contributed by atoms with E-state index in [-0.39, 0.29) is 31.5 Å². The van der Waals surface area contributed by atoms with Crippen molar-refractivity contribution in [2.45, 2.75) is 37.5 Å². The van der Waals surface area contributed by atoms with E-state index in [0.717, 1.165) is 34.4 Å². The molecule has 3 heterocycles. The molecule has 0 aliphatic rings. The first-order chi connectivity index (χ1) is 24.0. The van der Waals surface area contributed by atoms with E-state index in [1.165, 1.54) is 22.6 Å². The van der Waals surface area contributed by atoms with E-state index in [2.05, 4.69) is 70.2 Å². The van der Waals surface area contributed by atoms with Gasteiger partial charge in [0.2, 0.25) is 0 Å². The van der Waals surface area contributed by atoms with Gasteiger partial charge in [0.05, 0.1) is 5.58 Å². The number of para-hydroxylation sites is 1. The Labute approximate surface area is 313 Å². The molecule has 1 radical (unpaired) electrons. The number of aromatic nitrogens is 2. The normalized spacial score (nSPS) is 11.2. The molecular weight excluding hydrogens is 880 g/mol. The first-order valence-electron chi connectivity index (χ1n) is 16.4. The summed E-state index contributed by atoms with van der Waals surface area (Å²) in [5, 5.41) is 10.2. The van der Waals surface area contributed by atoms with Crippen LogP contribution in [0.2, 0.25) is 17.3 Å². The third kappa shape index (κ3) is 8.54. The van der Waals surface area contributed by atoms with Crippen LogP contribution in [-0.4, -0.2) is 34.5 Å². The molecule has 0 aliphatic heterocycles. The van der Waals surface area contributed by atoms with Crippen LogP contribution >= 0.6 is 0 Å². The van der Waals surface area contributed by atoms with Crippen LogP contribution in [0.1, 0.15) is 29.8 Å². The smallest absolute Gasteiger partial charge is 0 e. The zero-order chi connectivity index (χ0) is 35.4. The fraction of sp³-hybridized carbons (Fsp3) is 0.167. The van der Waals surface area contributed by atoms with Crippen LogP contribution in [0.5, 0.6) is 0 Å². The summed E-state index contributed by atoms with van der Waals surface area (Å²) in [5.41, 5.74) is 7.01. The average Bonchev–Trinajstić information content (AvgIpc) is 3.52. The van der Waals surface area contributed by atoms with E-state index in [1.807, 2.05) is 60.8 Å². The Morgan fingerprint density at radius 2 is 1.71 bits per heavy atom. The predicted octanol–water partition coefficient (Wildman–Crippen LogP) is 10.2. The van der Waals surface area contributed by atoms with Crippen molar-refractivity contribution < 1.29 is 43.9 Å². The van der Waals surface area contributed by atoms with E-state index >= 15 is 0 Å². The molecule has 0 aliphatic carbocycles. The Bertz CT molecular complexity index is 2270. The molecule has 0 bridgehead atoms. The van der Waals surface area contributed by atoms with Crippen molar-refractivity contribution >= 4 is 45.6 Å². The van der Waals surface area contributed by atoms with Gasteiger partial charge in [-0.05, 0) is 52.7 Å². The van der Waals surface area contributed by atoms with Gasteiger partial charge in [0.1, 0.15) is 11.4 Å². The molecule has 0 spiro atoms. The molecule has 1 N–H and O–H groups in total. The summed E-state index contributed by atoms with van der Waals surface area (Å²) in [4.78, 5) is 25.5. The number of pyridine rings is 2. The molecule has 0 unspecified atom stereocenters. The van der Waals surface area contributed by atoms with Gasteiger partial charge in [-0.15, -0.1) is 12.1 Å². The van der Waals surface area contributed by atoms with E-state index in [1.54, 1.807) is 18.3 Å². The van der Waals surface area contributed by atoms with Crippen LogP contribution in [0.15, 0.2) is 114 Å². The Balaban J connectivity index is 0.000000249. The Morgan fingerprint density at radius 3 is 2.35 bits per heavy atom. The molecule has 7 rings (SSSR count). The number of furan rings is 1. The van der Waals surface area contributed by atoms with E-state index in [9.17, 15) is 9.18 Å². The molecule has 51 heavy (non-hydrogen) atoms. The van der Waals surface area contributed by atoms with Crippen LogP contribution < -0.4 is 4.40 Å².